The standard InChI is InChI=1S/C26H27NO3S.CH2O/c1-18-6-5-7-19(14-18)12-13-30-23-15-22(10-11-24(23)31-2)27-26(25(28)29)16-20-8-3-4-9-21(20)17-26;1-2/h3-11,14-15,27H,12-13,16-17H2,1-2H3,(H,28,29);1H2. The highest BCUT2D eigenvalue weighted by atomic mass is 32.2. The number of carboxylic acid groups (broad SMARTS) is 1. The number of benzene rings is 3. The molecule has 1 aliphatic rings. The molecule has 4 rings (SSSR count). The number of ether oxygens (including phenoxy) is 1. The van der Waals surface area contributed by atoms with Crippen LogP contribution in [0.15, 0.2) is 71.6 Å². The molecule has 0 saturated carbocycles. The first kappa shape index (κ1) is 24.4. The summed E-state index contributed by atoms with van der Waals surface area (Å²) in [6.45, 7) is 4.65. The molecule has 0 heterocycles. The normalized spacial score (nSPS) is 13.4. The van der Waals surface area contributed by atoms with Crippen LogP contribution < -0.4 is 10.1 Å². The number of anilines is 1. The summed E-state index contributed by atoms with van der Waals surface area (Å²) in [7, 11) is 0. The second-order valence-electron chi connectivity index (χ2n) is 8.09. The van der Waals surface area contributed by atoms with Crippen LogP contribution in [0.25, 0.3) is 0 Å². The van der Waals surface area contributed by atoms with E-state index < -0.39 is 11.5 Å². The maximum atomic E-state index is 12.3. The molecule has 0 radical (unpaired) electrons. The topological polar surface area (TPSA) is 75.6 Å². The Morgan fingerprint density at radius 1 is 1.06 bits per heavy atom. The Kier molecular flexibility index (Phi) is 8.17. The molecule has 0 aromatic heterocycles. The van der Waals surface area contributed by atoms with Gasteiger partial charge in [0, 0.05) is 35.9 Å². The van der Waals surface area contributed by atoms with E-state index in [2.05, 4.69) is 36.5 Å². The average Bonchev–Trinajstić information content (AvgIpc) is 3.20. The molecular formula is C27H29NO4S. The minimum Gasteiger partial charge on any atom is -0.492 e. The monoisotopic (exact) mass is 463 g/mol. The highest BCUT2D eigenvalue weighted by molar-refractivity contribution is 7.98. The van der Waals surface area contributed by atoms with Gasteiger partial charge in [-0.2, -0.15) is 0 Å². The lowest BCUT2D eigenvalue weighted by Crippen LogP contribution is -2.47. The zero-order valence-corrected chi connectivity index (χ0v) is 19.8. The van der Waals surface area contributed by atoms with Crippen LogP contribution in [0, 0.1) is 6.92 Å². The van der Waals surface area contributed by atoms with Gasteiger partial charge in [0.15, 0.2) is 0 Å². The van der Waals surface area contributed by atoms with Crippen molar-refractivity contribution in [2.45, 2.75) is 36.6 Å². The lowest BCUT2D eigenvalue weighted by Gasteiger charge is -2.27. The first-order valence-electron chi connectivity index (χ1n) is 10.7. The molecule has 0 aliphatic heterocycles. The zero-order chi connectivity index (χ0) is 23.8. The van der Waals surface area contributed by atoms with E-state index in [1.165, 1.54) is 11.1 Å². The van der Waals surface area contributed by atoms with E-state index in [1.807, 2.05) is 55.5 Å². The van der Waals surface area contributed by atoms with Gasteiger partial charge in [-0.1, -0.05) is 54.1 Å². The highest BCUT2D eigenvalue weighted by Crippen LogP contribution is 2.36. The average molecular weight is 464 g/mol. The zero-order valence-electron chi connectivity index (χ0n) is 19.0. The molecule has 2 N–H and O–H groups in total. The van der Waals surface area contributed by atoms with Gasteiger partial charge in [0.05, 0.1) is 6.61 Å². The fourth-order valence-corrected chi connectivity index (χ4v) is 4.72. The van der Waals surface area contributed by atoms with Crippen molar-refractivity contribution in [2.75, 3.05) is 18.2 Å². The summed E-state index contributed by atoms with van der Waals surface area (Å²) < 4.78 is 6.12. The Morgan fingerprint density at radius 2 is 1.76 bits per heavy atom. The van der Waals surface area contributed by atoms with Crippen LogP contribution in [-0.2, 0) is 28.9 Å². The molecule has 5 nitrogen and oxygen atoms in total. The van der Waals surface area contributed by atoms with Crippen LogP contribution in [0.4, 0.5) is 5.69 Å². The van der Waals surface area contributed by atoms with Gasteiger partial charge in [-0.3, -0.25) is 0 Å². The third-order valence-electron chi connectivity index (χ3n) is 5.79. The van der Waals surface area contributed by atoms with Gasteiger partial charge in [0.25, 0.3) is 0 Å². The fourth-order valence-electron chi connectivity index (χ4n) is 4.20. The van der Waals surface area contributed by atoms with Crippen LogP contribution >= 0.6 is 11.8 Å². The molecule has 1 aliphatic carbocycles. The number of carbonyl (C=O) groups is 2. The largest absolute Gasteiger partial charge is 0.492 e. The summed E-state index contributed by atoms with van der Waals surface area (Å²) in [4.78, 5) is 21.3. The number of carbonyl (C=O) groups excluding carboxylic acids is 1. The molecule has 3 aromatic rings. The molecule has 0 saturated heterocycles. The molecule has 6 heteroatoms. The van der Waals surface area contributed by atoms with E-state index in [0.717, 1.165) is 33.9 Å². The van der Waals surface area contributed by atoms with Crippen LogP contribution in [0.5, 0.6) is 5.75 Å². The summed E-state index contributed by atoms with van der Waals surface area (Å²) >= 11 is 1.62. The summed E-state index contributed by atoms with van der Waals surface area (Å²) in [6.07, 6.45) is 3.77. The van der Waals surface area contributed by atoms with Gasteiger partial charge in [-0.15, -0.1) is 11.8 Å². The molecule has 0 fully saturated rings. The van der Waals surface area contributed by atoms with E-state index in [-0.39, 0.29) is 0 Å². The number of nitrogens with one attached hydrogen (secondary N) is 1. The molecular weight excluding hydrogens is 434 g/mol. The lowest BCUT2D eigenvalue weighted by atomic mass is 9.95. The molecule has 33 heavy (non-hydrogen) atoms. The maximum absolute atomic E-state index is 12.3. The molecule has 0 atom stereocenters. The number of rotatable bonds is 8. The summed E-state index contributed by atoms with van der Waals surface area (Å²) in [5.41, 5.74) is 4.39. The Balaban J connectivity index is 0.00000149. The fraction of sp³-hybridized carbons (Fsp3) is 0.259. The van der Waals surface area contributed by atoms with Gasteiger partial charge < -0.3 is 20.0 Å². The van der Waals surface area contributed by atoms with Crippen molar-refractivity contribution < 1.29 is 19.4 Å². The van der Waals surface area contributed by atoms with Crippen LogP contribution in [0.2, 0.25) is 0 Å². The van der Waals surface area contributed by atoms with Gasteiger partial charge in [0.1, 0.15) is 18.1 Å². The number of hydrogen-bond acceptors (Lipinski definition) is 5. The highest BCUT2D eigenvalue weighted by Gasteiger charge is 2.44. The first-order chi connectivity index (χ1) is 16.0. The van der Waals surface area contributed by atoms with Crippen molar-refractivity contribution in [3.8, 4) is 5.75 Å². The maximum Gasteiger partial charge on any atom is 0.330 e. The van der Waals surface area contributed by atoms with Gasteiger partial charge >= 0.3 is 5.97 Å². The van der Waals surface area contributed by atoms with Gasteiger partial charge in [0.2, 0.25) is 0 Å². The Hall–Kier alpha value is -3.25. The number of carboxylic acids is 1. The second kappa shape index (κ2) is 11.1. The summed E-state index contributed by atoms with van der Waals surface area (Å²) in [5, 5.41) is 13.4. The van der Waals surface area contributed by atoms with Crippen molar-refractivity contribution in [1.29, 1.82) is 0 Å². The lowest BCUT2D eigenvalue weighted by molar-refractivity contribution is -0.142. The molecule has 0 amide bonds. The smallest absolute Gasteiger partial charge is 0.330 e. The predicted molar refractivity (Wildman–Crippen MR) is 134 cm³/mol. The summed E-state index contributed by atoms with van der Waals surface area (Å²) in [6, 6.07) is 22.2. The van der Waals surface area contributed by atoms with E-state index >= 15 is 0 Å². The molecule has 0 bridgehead atoms. The van der Waals surface area contributed by atoms with E-state index in [1.54, 1.807) is 11.8 Å². The third kappa shape index (κ3) is 5.76. The van der Waals surface area contributed by atoms with Gasteiger partial charge in [-0.05, 0) is 42.0 Å². The quantitative estimate of drug-likeness (QED) is 0.448. The van der Waals surface area contributed by atoms with E-state index in [0.29, 0.717) is 19.4 Å². The Bertz CT molecular complexity index is 1090. The van der Waals surface area contributed by atoms with E-state index in [4.69, 9.17) is 9.53 Å². The third-order valence-corrected chi connectivity index (χ3v) is 6.57. The van der Waals surface area contributed by atoms with Crippen molar-refractivity contribution in [3.05, 3.63) is 89.0 Å². The summed E-state index contributed by atoms with van der Waals surface area (Å²) in [5.74, 6) is -0.0549. The van der Waals surface area contributed by atoms with Crippen molar-refractivity contribution >= 4 is 30.2 Å². The second-order valence-corrected chi connectivity index (χ2v) is 8.94. The number of aryl methyl sites for hydroxylation is 1. The minimum atomic E-state index is -1.04. The van der Waals surface area contributed by atoms with Crippen LogP contribution in [0.1, 0.15) is 22.3 Å². The van der Waals surface area contributed by atoms with Crippen LogP contribution in [-0.4, -0.2) is 36.3 Å². The van der Waals surface area contributed by atoms with Crippen molar-refractivity contribution in [3.63, 3.8) is 0 Å². The number of thioether (sulfide) groups is 1. The predicted octanol–water partition coefficient (Wildman–Crippen LogP) is 5.19. The van der Waals surface area contributed by atoms with Crippen LogP contribution in [0.3, 0.4) is 0 Å². The minimum absolute atomic E-state index is 0.465. The van der Waals surface area contributed by atoms with Crippen molar-refractivity contribution in [1.82, 2.24) is 0 Å². The number of aliphatic carboxylic acids is 1. The molecule has 172 valence electrons. The van der Waals surface area contributed by atoms with Gasteiger partial charge in [-0.25, -0.2) is 4.79 Å². The Morgan fingerprint density at radius 3 is 2.36 bits per heavy atom. The first-order valence-corrected chi connectivity index (χ1v) is 12.0. The molecule has 0 spiro atoms. The number of hydrogen-bond donors (Lipinski definition) is 2. The molecule has 3 aromatic carbocycles. The van der Waals surface area contributed by atoms with Crippen molar-refractivity contribution in [2.24, 2.45) is 0 Å². The Labute approximate surface area is 199 Å². The molecule has 0 unspecified atom stereocenters. The number of fused-ring (bicyclic) bond motifs is 1. The van der Waals surface area contributed by atoms with E-state index in [9.17, 15) is 9.90 Å². The SMILES string of the molecule is C=O.CSc1ccc(NC2(C(=O)O)Cc3ccccc3C2)cc1OCCc1cccc(C)c1.